The Hall–Kier alpha value is -2.09. The molecule has 1 unspecified atom stereocenters. The van der Waals surface area contributed by atoms with Gasteiger partial charge in [-0.15, -0.1) is 24.0 Å². The summed E-state index contributed by atoms with van der Waals surface area (Å²) < 4.78 is 0. The summed E-state index contributed by atoms with van der Waals surface area (Å²) in [5, 5.41) is 9.79. The van der Waals surface area contributed by atoms with E-state index in [-0.39, 0.29) is 41.2 Å². The Morgan fingerprint density at radius 1 is 1.14 bits per heavy atom. The first-order valence-electron chi connectivity index (χ1n) is 9.80. The van der Waals surface area contributed by atoms with Crippen LogP contribution in [0.1, 0.15) is 42.9 Å². The summed E-state index contributed by atoms with van der Waals surface area (Å²) in [4.78, 5) is 16.4. The number of nitrogens with one attached hydrogen (secondary N) is 3. The standard InChI is InChI=1S/C23H30N4O.HI/c1-16-9-5-7-11-19(16)23(2,3)15-26-22(24-4)25-14-17-13-21(28)27-20-12-8-6-10-18(17)20;/h5-12,17H,13-15H2,1-4H3,(H,27,28)(H2,24,25,26);1H. The molecule has 1 heterocycles. The number of carbonyl (C=O) groups is 1. The molecule has 2 aromatic carbocycles. The molecule has 6 heteroatoms. The lowest BCUT2D eigenvalue weighted by Crippen LogP contribution is -2.45. The highest BCUT2D eigenvalue weighted by molar-refractivity contribution is 14.0. The molecule has 29 heavy (non-hydrogen) atoms. The van der Waals surface area contributed by atoms with Crippen LogP contribution in [-0.2, 0) is 10.2 Å². The number of guanidine groups is 1. The molecule has 0 spiro atoms. The highest BCUT2D eigenvalue weighted by atomic mass is 127. The van der Waals surface area contributed by atoms with Gasteiger partial charge in [-0.2, -0.15) is 0 Å². The molecule has 0 bridgehead atoms. The van der Waals surface area contributed by atoms with Gasteiger partial charge in [-0.25, -0.2) is 0 Å². The molecule has 2 aromatic rings. The van der Waals surface area contributed by atoms with Gasteiger partial charge in [0.1, 0.15) is 0 Å². The van der Waals surface area contributed by atoms with Crippen LogP contribution in [0.2, 0.25) is 0 Å². The van der Waals surface area contributed by atoms with Crippen molar-refractivity contribution in [2.24, 2.45) is 4.99 Å². The number of nitrogens with zero attached hydrogens (tertiary/aromatic N) is 1. The van der Waals surface area contributed by atoms with E-state index < -0.39 is 0 Å². The molecular weight excluding hydrogens is 475 g/mol. The fraction of sp³-hybridized carbons (Fsp3) is 0.391. The summed E-state index contributed by atoms with van der Waals surface area (Å²) >= 11 is 0. The summed E-state index contributed by atoms with van der Waals surface area (Å²) in [6.07, 6.45) is 0.482. The second-order valence-electron chi connectivity index (χ2n) is 8.04. The molecule has 5 nitrogen and oxygen atoms in total. The zero-order chi connectivity index (χ0) is 20.1. The Balaban J connectivity index is 0.00000300. The van der Waals surface area contributed by atoms with Crippen molar-refractivity contribution in [3.8, 4) is 0 Å². The summed E-state index contributed by atoms with van der Waals surface area (Å²) in [7, 11) is 1.78. The number of hydrogen-bond acceptors (Lipinski definition) is 2. The van der Waals surface area contributed by atoms with Gasteiger partial charge in [0.05, 0.1) is 0 Å². The van der Waals surface area contributed by atoms with Crippen LogP contribution in [0.25, 0.3) is 0 Å². The average molecular weight is 506 g/mol. The number of halogens is 1. The maximum absolute atomic E-state index is 12.0. The smallest absolute Gasteiger partial charge is 0.225 e. The molecule has 3 rings (SSSR count). The van der Waals surface area contributed by atoms with Gasteiger partial charge in [0.15, 0.2) is 5.96 Å². The van der Waals surface area contributed by atoms with Crippen molar-refractivity contribution in [2.45, 2.75) is 38.5 Å². The Morgan fingerprint density at radius 2 is 1.83 bits per heavy atom. The van der Waals surface area contributed by atoms with Crippen LogP contribution in [0.5, 0.6) is 0 Å². The Bertz CT molecular complexity index is 879. The first-order valence-corrected chi connectivity index (χ1v) is 9.80. The Morgan fingerprint density at radius 3 is 2.55 bits per heavy atom. The second kappa shape index (κ2) is 10.1. The molecule has 1 aliphatic rings. The predicted molar refractivity (Wildman–Crippen MR) is 131 cm³/mol. The van der Waals surface area contributed by atoms with Crippen LogP contribution in [0.3, 0.4) is 0 Å². The van der Waals surface area contributed by atoms with E-state index in [0.717, 1.165) is 18.2 Å². The molecule has 156 valence electrons. The Labute approximate surface area is 190 Å². The van der Waals surface area contributed by atoms with E-state index in [9.17, 15) is 4.79 Å². The van der Waals surface area contributed by atoms with Gasteiger partial charge in [0.25, 0.3) is 0 Å². The molecule has 1 atom stereocenters. The second-order valence-corrected chi connectivity index (χ2v) is 8.04. The quantitative estimate of drug-likeness (QED) is 0.324. The number of amides is 1. The molecule has 0 aliphatic carbocycles. The van der Waals surface area contributed by atoms with Crippen LogP contribution < -0.4 is 16.0 Å². The summed E-state index contributed by atoms with van der Waals surface area (Å²) in [6, 6.07) is 16.5. The number of anilines is 1. The minimum Gasteiger partial charge on any atom is -0.356 e. The number of rotatable bonds is 5. The minimum atomic E-state index is -0.0275. The lowest BCUT2D eigenvalue weighted by Gasteiger charge is -2.29. The molecule has 3 N–H and O–H groups in total. The first kappa shape index (κ1) is 23.2. The van der Waals surface area contributed by atoms with E-state index in [2.05, 4.69) is 72.0 Å². The summed E-state index contributed by atoms with van der Waals surface area (Å²) in [6.45, 7) is 8.04. The molecule has 0 saturated carbocycles. The van der Waals surface area contributed by atoms with Crippen molar-refractivity contribution < 1.29 is 4.79 Å². The SMILES string of the molecule is CN=C(NCC1CC(=O)Nc2ccccc21)NCC(C)(C)c1ccccc1C.I. The highest BCUT2D eigenvalue weighted by Gasteiger charge is 2.26. The number of hydrogen-bond donors (Lipinski definition) is 3. The number of carbonyl (C=O) groups excluding carboxylic acids is 1. The number of aryl methyl sites for hydroxylation is 1. The van der Waals surface area contributed by atoms with E-state index in [1.165, 1.54) is 16.7 Å². The summed E-state index contributed by atoms with van der Waals surface area (Å²) in [5.41, 5.74) is 4.68. The van der Waals surface area contributed by atoms with Gasteiger partial charge in [0, 0.05) is 43.6 Å². The number of aliphatic imine (C=N–C) groups is 1. The van der Waals surface area contributed by atoms with Gasteiger partial charge >= 0.3 is 0 Å². The zero-order valence-corrected chi connectivity index (χ0v) is 19.9. The fourth-order valence-electron chi connectivity index (χ4n) is 3.86. The van der Waals surface area contributed by atoms with E-state index in [1.807, 2.05) is 18.2 Å². The van der Waals surface area contributed by atoms with Crippen molar-refractivity contribution in [1.82, 2.24) is 10.6 Å². The monoisotopic (exact) mass is 506 g/mol. The van der Waals surface area contributed by atoms with Crippen molar-refractivity contribution >= 4 is 41.5 Å². The number of fused-ring (bicyclic) bond motifs is 1. The van der Waals surface area contributed by atoms with Crippen molar-refractivity contribution in [3.63, 3.8) is 0 Å². The molecule has 0 fully saturated rings. The van der Waals surface area contributed by atoms with Crippen LogP contribution in [-0.4, -0.2) is 32.0 Å². The minimum absolute atomic E-state index is 0. The largest absolute Gasteiger partial charge is 0.356 e. The van der Waals surface area contributed by atoms with E-state index in [0.29, 0.717) is 13.0 Å². The number of benzene rings is 2. The fourth-order valence-corrected chi connectivity index (χ4v) is 3.86. The average Bonchev–Trinajstić information content (AvgIpc) is 2.68. The zero-order valence-electron chi connectivity index (χ0n) is 17.6. The maximum Gasteiger partial charge on any atom is 0.225 e. The van der Waals surface area contributed by atoms with Gasteiger partial charge in [-0.3, -0.25) is 9.79 Å². The van der Waals surface area contributed by atoms with E-state index >= 15 is 0 Å². The van der Waals surface area contributed by atoms with E-state index in [1.54, 1.807) is 7.05 Å². The lowest BCUT2D eigenvalue weighted by atomic mass is 9.82. The van der Waals surface area contributed by atoms with Crippen LogP contribution >= 0.6 is 24.0 Å². The van der Waals surface area contributed by atoms with Gasteiger partial charge in [-0.05, 0) is 29.7 Å². The third-order valence-electron chi connectivity index (χ3n) is 5.42. The normalized spacial score (nSPS) is 16.3. The third-order valence-corrected chi connectivity index (χ3v) is 5.42. The van der Waals surface area contributed by atoms with Crippen LogP contribution in [0.4, 0.5) is 5.69 Å². The predicted octanol–water partition coefficient (Wildman–Crippen LogP) is 4.18. The molecule has 1 amide bonds. The maximum atomic E-state index is 12.0. The lowest BCUT2D eigenvalue weighted by molar-refractivity contribution is -0.116. The highest BCUT2D eigenvalue weighted by Crippen LogP contribution is 2.31. The van der Waals surface area contributed by atoms with E-state index in [4.69, 9.17) is 0 Å². The molecule has 1 aliphatic heterocycles. The molecule has 0 aromatic heterocycles. The first-order chi connectivity index (χ1) is 13.4. The van der Waals surface area contributed by atoms with Gasteiger partial charge in [0.2, 0.25) is 5.91 Å². The van der Waals surface area contributed by atoms with Gasteiger partial charge < -0.3 is 16.0 Å². The van der Waals surface area contributed by atoms with Crippen molar-refractivity contribution in [1.29, 1.82) is 0 Å². The Kier molecular flexibility index (Phi) is 8.07. The van der Waals surface area contributed by atoms with Gasteiger partial charge in [-0.1, -0.05) is 56.3 Å². The number of para-hydroxylation sites is 1. The van der Waals surface area contributed by atoms with Crippen LogP contribution in [0.15, 0.2) is 53.5 Å². The van der Waals surface area contributed by atoms with Crippen molar-refractivity contribution in [3.05, 3.63) is 65.2 Å². The topological polar surface area (TPSA) is 65.5 Å². The molecule has 0 saturated heterocycles. The van der Waals surface area contributed by atoms with Crippen molar-refractivity contribution in [2.75, 3.05) is 25.5 Å². The molecular formula is C23H31IN4O. The summed E-state index contributed by atoms with van der Waals surface area (Å²) in [5.74, 6) is 0.951. The molecule has 0 radical (unpaired) electrons. The van der Waals surface area contributed by atoms with Crippen LogP contribution in [0, 0.1) is 6.92 Å². The third kappa shape index (κ3) is 5.72.